The minimum Gasteiger partial charge on any atom is -0.486 e. The first-order valence-electron chi connectivity index (χ1n) is 27.7. The fourth-order valence-corrected chi connectivity index (χ4v) is 10.5. The van der Waals surface area contributed by atoms with E-state index in [1.54, 1.807) is 21.5 Å². The van der Waals surface area contributed by atoms with Gasteiger partial charge >= 0.3 is 11.9 Å². The highest BCUT2D eigenvalue weighted by molar-refractivity contribution is 6.31. The summed E-state index contributed by atoms with van der Waals surface area (Å²) in [6, 6.07) is 23.1. The van der Waals surface area contributed by atoms with Crippen LogP contribution < -0.4 is 9.47 Å². The Kier molecular flexibility index (Phi) is 17.7. The molecule has 0 radical (unpaired) electrons. The van der Waals surface area contributed by atoms with Gasteiger partial charge in [0.05, 0.1) is 81.2 Å². The van der Waals surface area contributed by atoms with Gasteiger partial charge in [0.15, 0.2) is 34.8 Å². The van der Waals surface area contributed by atoms with Gasteiger partial charge < -0.3 is 32.8 Å². The molecule has 6 aromatic carbocycles. The molecule has 0 unspecified atom stereocenters. The van der Waals surface area contributed by atoms with E-state index in [0.29, 0.717) is 44.8 Å². The Morgan fingerprint density at radius 3 is 1.33 bits per heavy atom. The quantitative estimate of drug-likeness (QED) is 0.0352. The van der Waals surface area contributed by atoms with Crippen molar-refractivity contribution in [2.45, 2.75) is 39.1 Å². The predicted octanol–water partition coefficient (Wildman–Crippen LogP) is 12.4. The standard InChI is InChI=1S/C64H46Cl2F6N12O7/c1-87-17-15-81-55-21-37(5-9-53(55)77-61(81)25-39-19-51(71)43(27-49(39)69)35-3-7-47(67)57(23-35)89-33-41-31-73-59(29-45(41)65)83-13-11-75-79-83)63(85)91-64(86)38-6-10-54-56(22-38)82(16-18-88-2)62(78-54)26-40-20-52(72)44(28-50(40)70)36-4-8-48(68)58(24-36)90-34-42-32-74-60(30-46(42)66)84-14-12-76-80-84/h3-14,19-24,27-32H,15-18,25-26,33-34H2,1-2H3. The molecule has 0 aliphatic rings. The zero-order valence-corrected chi connectivity index (χ0v) is 49.3. The Morgan fingerprint density at radius 2 is 0.934 bits per heavy atom. The Bertz CT molecular complexity index is 4450. The third kappa shape index (κ3) is 13.1. The second kappa shape index (κ2) is 26.4. The van der Waals surface area contributed by atoms with E-state index in [-0.39, 0.29) is 130 Å². The number of halogens is 8. The molecule has 0 aliphatic heterocycles. The molecule has 91 heavy (non-hydrogen) atoms. The number of carbonyl (C=O) groups excluding carboxylic acids is 2. The number of benzene rings is 6. The average Bonchev–Trinajstić information content (AvgIpc) is 1.74. The number of aromatic nitrogens is 12. The third-order valence-corrected chi connectivity index (χ3v) is 15.4. The van der Waals surface area contributed by atoms with Crippen molar-refractivity contribution in [3.8, 4) is 45.4 Å². The van der Waals surface area contributed by atoms with Gasteiger partial charge in [-0.1, -0.05) is 45.8 Å². The monoisotopic (exact) mass is 1280 g/mol. The summed E-state index contributed by atoms with van der Waals surface area (Å²) in [7, 11) is 2.96. The van der Waals surface area contributed by atoms with Crippen LogP contribution in [0.3, 0.4) is 0 Å². The van der Waals surface area contributed by atoms with E-state index in [1.165, 1.54) is 121 Å². The van der Waals surface area contributed by atoms with E-state index in [0.717, 1.165) is 36.4 Å². The molecule has 12 aromatic rings. The molecule has 0 amide bonds. The zero-order chi connectivity index (χ0) is 63.4. The maximum Gasteiger partial charge on any atom is 0.346 e. The van der Waals surface area contributed by atoms with E-state index in [9.17, 15) is 9.59 Å². The fraction of sp³-hybridized carbons (Fsp3) is 0.156. The molecule has 0 aliphatic carbocycles. The number of nitrogens with zero attached hydrogens (tertiary/aromatic N) is 12. The van der Waals surface area contributed by atoms with Crippen LogP contribution in [0.1, 0.15) is 54.6 Å². The average molecular weight is 1280 g/mol. The highest BCUT2D eigenvalue weighted by Gasteiger charge is 2.24. The molecule has 0 spiro atoms. The lowest BCUT2D eigenvalue weighted by molar-refractivity contribution is 0.0397. The highest BCUT2D eigenvalue weighted by atomic mass is 35.5. The van der Waals surface area contributed by atoms with Crippen molar-refractivity contribution in [3.05, 3.63) is 236 Å². The maximum atomic E-state index is 16.1. The number of hydrogen-bond acceptors (Lipinski definition) is 15. The van der Waals surface area contributed by atoms with E-state index < -0.39 is 46.8 Å². The minimum atomic E-state index is -1.02. The SMILES string of the molecule is COCCn1c(Cc2cc(F)c(-c3ccc(F)c(OCc4cnc(-n5ccnn5)cc4Cl)c3)cc2F)nc2ccc(C(=O)OC(=O)c3ccc4nc(Cc5cc(F)c(-c6ccc(F)c(OCc7cnc(-n8ccnn8)cc7Cl)c6)cc5F)n(CCOC)c4c3)cc21. The van der Waals surface area contributed by atoms with Crippen LogP contribution in [0.25, 0.3) is 56.0 Å². The van der Waals surface area contributed by atoms with Gasteiger partial charge in [0.25, 0.3) is 0 Å². The highest BCUT2D eigenvalue weighted by Crippen LogP contribution is 2.35. The van der Waals surface area contributed by atoms with Gasteiger partial charge in [0.2, 0.25) is 0 Å². The normalized spacial score (nSPS) is 11.5. The van der Waals surface area contributed by atoms with Crippen LogP contribution in [0, 0.1) is 34.9 Å². The lowest BCUT2D eigenvalue weighted by atomic mass is 10.0. The molecule has 0 saturated heterocycles. The first-order valence-corrected chi connectivity index (χ1v) is 28.4. The summed E-state index contributed by atoms with van der Waals surface area (Å²) in [6.45, 7) is 0.267. The molecule has 0 saturated carbocycles. The molecule has 27 heteroatoms. The van der Waals surface area contributed by atoms with Crippen LogP contribution in [0.15, 0.2) is 146 Å². The molecule has 0 bridgehead atoms. The van der Waals surface area contributed by atoms with Crippen LogP contribution in [0.4, 0.5) is 26.3 Å². The largest absolute Gasteiger partial charge is 0.486 e. The smallest absolute Gasteiger partial charge is 0.346 e. The van der Waals surface area contributed by atoms with Crippen LogP contribution in [0.5, 0.6) is 11.5 Å². The topological polar surface area (TPSA) is 203 Å². The molecule has 6 aromatic heterocycles. The molecule has 12 rings (SSSR count). The second-order valence-corrected chi connectivity index (χ2v) is 21.3. The Labute approximate surface area is 521 Å². The number of hydrogen-bond donors (Lipinski definition) is 0. The number of methoxy groups -OCH3 is 2. The lowest BCUT2D eigenvalue weighted by Gasteiger charge is -2.13. The molecule has 0 fully saturated rings. The van der Waals surface area contributed by atoms with E-state index >= 15 is 26.3 Å². The van der Waals surface area contributed by atoms with Crippen molar-refractivity contribution >= 4 is 57.2 Å². The Morgan fingerprint density at radius 1 is 0.495 bits per heavy atom. The summed E-state index contributed by atoms with van der Waals surface area (Å²) in [4.78, 5) is 45.5. The van der Waals surface area contributed by atoms with Crippen molar-refractivity contribution in [2.24, 2.45) is 0 Å². The minimum absolute atomic E-state index is 0.0382. The number of imidazole rings is 2. The number of rotatable bonds is 22. The summed E-state index contributed by atoms with van der Waals surface area (Å²) in [5.74, 6) is -5.86. The molecule has 6 heterocycles. The number of carbonyl (C=O) groups is 2. The van der Waals surface area contributed by atoms with E-state index in [2.05, 4.69) is 30.6 Å². The first-order chi connectivity index (χ1) is 44.1. The molecule has 0 N–H and O–H groups in total. The summed E-state index contributed by atoms with van der Waals surface area (Å²) < 4.78 is 128. The van der Waals surface area contributed by atoms with Crippen molar-refractivity contribution in [2.75, 3.05) is 27.4 Å². The van der Waals surface area contributed by atoms with E-state index in [1.807, 2.05) is 0 Å². The predicted molar refractivity (Wildman–Crippen MR) is 319 cm³/mol. The summed E-state index contributed by atoms with van der Waals surface area (Å²) in [5.41, 5.74) is 2.14. The molecular weight excluding hydrogens is 1230 g/mol. The first kappa shape index (κ1) is 60.9. The Balaban J connectivity index is 0.729. The number of ether oxygens (including phenoxy) is 5. The van der Waals surface area contributed by atoms with Gasteiger partial charge in [-0.3, -0.25) is 0 Å². The lowest BCUT2D eigenvalue weighted by Crippen LogP contribution is -2.14. The van der Waals surface area contributed by atoms with Gasteiger partial charge in [-0.15, -0.1) is 10.2 Å². The van der Waals surface area contributed by atoms with Crippen molar-refractivity contribution < 1.29 is 59.6 Å². The van der Waals surface area contributed by atoms with Gasteiger partial charge in [-0.2, -0.15) is 0 Å². The van der Waals surface area contributed by atoms with Crippen LogP contribution in [0.2, 0.25) is 10.0 Å². The second-order valence-electron chi connectivity index (χ2n) is 20.5. The molecular formula is C64H46Cl2F6N12O7. The molecule has 460 valence electrons. The van der Waals surface area contributed by atoms with E-state index in [4.69, 9.17) is 56.9 Å². The Hall–Kier alpha value is -10.3. The van der Waals surface area contributed by atoms with Crippen molar-refractivity contribution in [3.63, 3.8) is 0 Å². The van der Waals surface area contributed by atoms with Crippen LogP contribution >= 0.6 is 23.2 Å². The maximum absolute atomic E-state index is 16.1. The van der Waals surface area contributed by atoms with Gasteiger partial charge in [-0.05, 0) is 107 Å². The summed E-state index contributed by atoms with van der Waals surface area (Å²) in [5, 5.41) is 15.8. The molecule has 0 atom stereocenters. The number of esters is 2. The fourth-order valence-electron chi connectivity index (χ4n) is 10.1. The van der Waals surface area contributed by atoms with Crippen LogP contribution in [-0.4, -0.2) is 98.4 Å². The number of pyridine rings is 2. The summed E-state index contributed by atoms with van der Waals surface area (Å²) >= 11 is 12.9. The van der Waals surface area contributed by atoms with Gasteiger partial charge in [-0.25, -0.2) is 65.2 Å². The van der Waals surface area contributed by atoms with Gasteiger partial charge in [0, 0.05) is 86.9 Å². The molecule has 19 nitrogen and oxygen atoms in total. The third-order valence-electron chi connectivity index (χ3n) is 14.7. The van der Waals surface area contributed by atoms with Crippen LogP contribution in [-0.2, 0) is 53.4 Å². The van der Waals surface area contributed by atoms with Crippen molar-refractivity contribution in [1.82, 2.24) is 59.1 Å². The number of fused-ring (bicyclic) bond motifs is 2. The van der Waals surface area contributed by atoms with Gasteiger partial charge in [0.1, 0.15) is 48.1 Å². The zero-order valence-electron chi connectivity index (χ0n) is 47.8. The summed E-state index contributed by atoms with van der Waals surface area (Å²) in [6.07, 6.45) is 8.58. The van der Waals surface area contributed by atoms with Crippen molar-refractivity contribution in [1.29, 1.82) is 0 Å².